The fraction of sp³-hybridized carbons (Fsp3) is 0.409. The second kappa shape index (κ2) is 11.5. The zero-order valence-corrected chi connectivity index (χ0v) is 20.8. The van der Waals surface area contributed by atoms with Gasteiger partial charge in [-0.05, 0) is 48.6 Å². The Balaban J connectivity index is 0.00000320. The molecule has 6 nitrogen and oxygen atoms in total. The van der Waals surface area contributed by atoms with E-state index in [9.17, 15) is 0 Å². The maximum absolute atomic E-state index is 6.12. The van der Waals surface area contributed by atoms with E-state index < -0.39 is 0 Å². The first-order valence-corrected chi connectivity index (χ1v) is 10.4. The van der Waals surface area contributed by atoms with Gasteiger partial charge in [0, 0.05) is 37.3 Å². The van der Waals surface area contributed by atoms with Crippen LogP contribution in [-0.2, 0) is 12.8 Å². The molecule has 2 N–H and O–H groups in total. The van der Waals surface area contributed by atoms with Crippen molar-refractivity contribution in [3.63, 3.8) is 0 Å². The Labute approximate surface area is 200 Å². The lowest BCUT2D eigenvalue weighted by atomic mass is 9.86. The second-order valence-corrected chi connectivity index (χ2v) is 8.32. The molecule has 0 fully saturated rings. The van der Waals surface area contributed by atoms with E-state index in [0.717, 1.165) is 48.4 Å². The van der Waals surface area contributed by atoms with Crippen molar-refractivity contribution in [3.05, 3.63) is 65.1 Å². The molecule has 0 radical (unpaired) electrons. The molecule has 2 aromatic heterocycles. The van der Waals surface area contributed by atoms with E-state index in [0.29, 0.717) is 6.54 Å². The summed E-state index contributed by atoms with van der Waals surface area (Å²) in [7, 11) is 0. The zero-order chi connectivity index (χ0) is 20.7. The molecule has 0 unspecified atom stereocenters. The Kier molecular flexibility index (Phi) is 9.36. The molecular formula is C22H30ClIN6. The van der Waals surface area contributed by atoms with E-state index in [-0.39, 0.29) is 29.4 Å². The van der Waals surface area contributed by atoms with Gasteiger partial charge in [0.25, 0.3) is 0 Å². The number of hydrogen-bond acceptors (Lipinski definition) is 3. The highest BCUT2D eigenvalue weighted by Gasteiger charge is 2.19. The Hall–Kier alpha value is -1.87. The molecule has 0 saturated heterocycles. The van der Waals surface area contributed by atoms with Crippen molar-refractivity contribution in [1.29, 1.82) is 0 Å². The molecule has 162 valence electrons. The normalized spacial score (nSPS) is 11.9. The smallest absolute Gasteiger partial charge is 0.191 e. The van der Waals surface area contributed by atoms with Gasteiger partial charge in [-0.3, -0.25) is 9.39 Å². The number of nitrogens with zero attached hydrogens (tertiary/aromatic N) is 4. The summed E-state index contributed by atoms with van der Waals surface area (Å²) in [5.41, 5.74) is 2.12. The molecule has 0 spiro atoms. The number of guanidine groups is 1. The third-order valence-electron chi connectivity index (χ3n) is 4.61. The molecule has 0 bridgehead atoms. The molecule has 0 aliphatic rings. The summed E-state index contributed by atoms with van der Waals surface area (Å²) in [4.78, 5) is 4.80. The lowest BCUT2D eigenvalue weighted by Crippen LogP contribution is -2.39. The van der Waals surface area contributed by atoms with Crippen LogP contribution in [-0.4, -0.2) is 40.2 Å². The molecule has 30 heavy (non-hydrogen) atoms. The number of halogens is 2. The third-order valence-corrected chi connectivity index (χ3v) is 4.84. The number of aromatic nitrogens is 3. The van der Waals surface area contributed by atoms with Crippen molar-refractivity contribution in [1.82, 2.24) is 25.2 Å². The van der Waals surface area contributed by atoms with Crippen molar-refractivity contribution in [2.45, 2.75) is 33.6 Å². The van der Waals surface area contributed by atoms with E-state index >= 15 is 0 Å². The zero-order valence-electron chi connectivity index (χ0n) is 17.7. The predicted molar refractivity (Wildman–Crippen MR) is 135 cm³/mol. The van der Waals surface area contributed by atoms with Crippen molar-refractivity contribution in [2.24, 2.45) is 10.4 Å². The Morgan fingerprint density at radius 1 is 1.13 bits per heavy atom. The highest BCUT2D eigenvalue weighted by atomic mass is 127. The average molecular weight is 541 g/mol. The molecule has 3 rings (SSSR count). The lowest BCUT2D eigenvalue weighted by Gasteiger charge is -2.23. The van der Waals surface area contributed by atoms with Gasteiger partial charge in [-0.2, -0.15) is 0 Å². The van der Waals surface area contributed by atoms with Gasteiger partial charge in [0.2, 0.25) is 0 Å². The highest BCUT2D eigenvalue weighted by Crippen LogP contribution is 2.23. The molecule has 3 aromatic rings. The maximum atomic E-state index is 6.12. The minimum Gasteiger partial charge on any atom is -0.357 e. The third kappa shape index (κ3) is 7.12. The van der Waals surface area contributed by atoms with Gasteiger partial charge in [0.1, 0.15) is 5.82 Å². The van der Waals surface area contributed by atoms with Crippen LogP contribution in [0.2, 0.25) is 5.02 Å². The Morgan fingerprint density at radius 3 is 2.73 bits per heavy atom. The van der Waals surface area contributed by atoms with E-state index in [1.807, 2.05) is 47.0 Å². The van der Waals surface area contributed by atoms with Crippen LogP contribution in [0.5, 0.6) is 0 Å². The van der Waals surface area contributed by atoms with Gasteiger partial charge in [0.15, 0.2) is 11.6 Å². The summed E-state index contributed by atoms with van der Waals surface area (Å²) in [5, 5.41) is 16.0. The van der Waals surface area contributed by atoms with Crippen LogP contribution in [0.3, 0.4) is 0 Å². The van der Waals surface area contributed by atoms with E-state index in [4.69, 9.17) is 16.6 Å². The molecule has 0 amide bonds. The summed E-state index contributed by atoms with van der Waals surface area (Å²) in [6.45, 7) is 8.78. The first-order valence-electron chi connectivity index (χ1n) is 10.0. The van der Waals surface area contributed by atoms with Gasteiger partial charge < -0.3 is 10.6 Å². The molecular weight excluding hydrogens is 511 g/mol. The van der Waals surface area contributed by atoms with Crippen LogP contribution >= 0.6 is 35.6 Å². The lowest BCUT2D eigenvalue weighted by molar-refractivity contribution is 0.377. The van der Waals surface area contributed by atoms with Crippen LogP contribution in [0.25, 0.3) is 5.65 Å². The van der Waals surface area contributed by atoms with Crippen LogP contribution in [0.1, 0.15) is 32.2 Å². The highest BCUT2D eigenvalue weighted by molar-refractivity contribution is 14.0. The summed E-state index contributed by atoms with van der Waals surface area (Å²) in [6, 6.07) is 14.0. The molecule has 8 heteroatoms. The number of nitrogens with one attached hydrogen (secondary N) is 2. The van der Waals surface area contributed by atoms with Crippen molar-refractivity contribution in [2.75, 3.05) is 19.6 Å². The summed E-state index contributed by atoms with van der Waals surface area (Å²) in [5.74, 6) is 1.76. The van der Waals surface area contributed by atoms with E-state index in [1.165, 1.54) is 5.56 Å². The summed E-state index contributed by atoms with van der Waals surface area (Å²) < 4.78 is 2.01. The first kappa shape index (κ1) is 24.4. The van der Waals surface area contributed by atoms with Gasteiger partial charge >= 0.3 is 0 Å². The standard InChI is InChI=1S/C22H29ClN6.HI/c1-4-24-21(25-12-11-20-28-27-19-10-5-6-13-29(19)20)26-16-22(2,3)15-17-8-7-9-18(23)14-17;/h5-10,13-14H,4,11-12,15-16H2,1-3H3,(H2,24,25,26);1H. The quantitative estimate of drug-likeness (QED) is 0.253. The number of benzene rings is 1. The predicted octanol–water partition coefficient (Wildman–Crippen LogP) is 4.37. The molecule has 2 heterocycles. The molecule has 0 atom stereocenters. The fourth-order valence-corrected chi connectivity index (χ4v) is 3.46. The SMILES string of the molecule is CCNC(=NCC(C)(C)Cc1cccc(Cl)c1)NCCc1nnc2ccccn12.I. The van der Waals surface area contributed by atoms with Crippen LogP contribution < -0.4 is 10.6 Å². The molecule has 0 aliphatic carbocycles. The Bertz CT molecular complexity index is 969. The molecule has 0 saturated carbocycles. The minimum absolute atomic E-state index is 0. The topological polar surface area (TPSA) is 66.6 Å². The van der Waals surface area contributed by atoms with Crippen LogP contribution in [0, 0.1) is 5.41 Å². The molecule has 0 aliphatic heterocycles. The van der Waals surface area contributed by atoms with Crippen molar-refractivity contribution >= 4 is 47.2 Å². The van der Waals surface area contributed by atoms with Gasteiger partial charge in [-0.15, -0.1) is 34.2 Å². The fourth-order valence-electron chi connectivity index (χ4n) is 3.24. The summed E-state index contributed by atoms with van der Waals surface area (Å²) >= 11 is 6.12. The van der Waals surface area contributed by atoms with Crippen LogP contribution in [0.4, 0.5) is 0 Å². The van der Waals surface area contributed by atoms with Crippen molar-refractivity contribution in [3.8, 4) is 0 Å². The number of rotatable bonds is 8. The average Bonchev–Trinajstić information content (AvgIpc) is 3.09. The first-order chi connectivity index (χ1) is 14.0. The number of aliphatic imine (C=N–C) groups is 1. The summed E-state index contributed by atoms with van der Waals surface area (Å²) in [6.07, 6.45) is 3.67. The van der Waals surface area contributed by atoms with E-state index in [1.54, 1.807) is 0 Å². The van der Waals surface area contributed by atoms with Gasteiger partial charge in [0.05, 0.1) is 0 Å². The minimum atomic E-state index is 0. The van der Waals surface area contributed by atoms with Gasteiger partial charge in [-0.1, -0.05) is 43.6 Å². The van der Waals surface area contributed by atoms with Crippen LogP contribution in [0.15, 0.2) is 53.7 Å². The number of fused-ring (bicyclic) bond motifs is 1. The van der Waals surface area contributed by atoms with Gasteiger partial charge in [-0.25, -0.2) is 0 Å². The van der Waals surface area contributed by atoms with E-state index in [2.05, 4.69) is 47.7 Å². The second-order valence-electron chi connectivity index (χ2n) is 7.89. The number of hydrogen-bond donors (Lipinski definition) is 2. The Morgan fingerprint density at radius 2 is 1.97 bits per heavy atom. The molecule has 1 aromatic carbocycles. The number of pyridine rings is 1. The maximum Gasteiger partial charge on any atom is 0.191 e. The monoisotopic (exact) mass is 540 g/mol. The van der Waals surface area contributed by atoms with Crippen molar-refractivity contribution < 1.29 is 0 Å². The largest absolute Gasteiger partial charge is 0.357 e.